The van der Waals surface area contributed by atoms with Crippen LogP contribution in [0, 0.1) is 0 Å². The minimum atomic E-state index is -6.37. The van der Waals surface area contributed by atoms with Crippen LogP contribution in [-0.2, 0) is 0 Å². The molecule has 0 bridgehead atoms. The smallest absolute Gasteiger partial charge is 0.460 e. The fraction of sp³-hybridized carbons (Fsp3) is 0.364. The van der Waals surface area contributed by atoms with Crippen molar-refractivity contribution in [3.05, 3.63) is 24.3 Å². The highest BCUT2D eigenvalue weighted by Gasteiger charge is 2.72. The van der Waals surface area contributed by atoms with Crippen molar-refractivity contribution < 1.29 is 35.5 Å². The fourth-order valence-electron chi connectivity index (χ4n) is 1.09. The van der Waals surface area contributed by atoms with Crippen molar-refractivity contribution in [2.24, 2.45) is 4.99 Å². The first kappa shape index (κ1) is 16.3. The van der Waals surface area contributed by atoms with E-state index in [0.29, 0.717) is 5.75 Å². The molecule has 112 valence electrons. The summed E-state index contributed by atoms with van der Waals surface area (Å²) in [7, 11) is 1.33. The molecule has 0 radical (unpaired) electrons. The van der Waals surface area contributed by atoms with Gasteiger partial charge in [-0.1, -0.05) is 0 Å². The number of benzene rings is 1. The summed E-state index contributed by atoms with van der Waals surface area (Å²) in [6, 6.07) is 4.81. The average Bonchev–Trinajstić information content (AvgIpc) is 2.35. The highest BCUT2D eigenvalue weighted by molar-refractivity contribution is 5.72. The monoisotopic (exact) mass is 303 g/mol. The summed E-state index contributed by atoms with van der Waals surface area (Å²) >= 11 is 0. The van der Waals surface area contributed by atoms with Crippen molar-refractivity contribution >= 4 is 11.9 Å². The Kier molecular flexibility index (Phi) is 4.30. The number of ether oxygens (including phenoxy) is 1. The van der Waals surface area contributed by atoms with Crippen molar-refractivity contribution in [2.45, 2.75) is 18.0 Å². The van der Waals surface area contributed by atoms with Crippen LogP contribution in [0.25, 0.3) is 0 Å². The van der Waals surface area contributed by atoms with Crippen LogP contribution in [0.15, 0.2) is 29.3 Å². The van der Waals surface area contributed by atoms with Crippen molar-refractivity contribution in [3.63, 3.8) is 0 Å². The average molecular weight is 303 g/mol. The Morgan fingerprint density at radius 2 is 1.45 bits per heavy atom. The molecule has 0 saturated heterocycles. The lowest BCUT2D eigenvalue weighted by Crippen LogP contribution is -2.52. The summed E-state index contributed by atoms with van der Waals surface area (Å²) < 4.78 is 91.1. The van der Waals surface area contributed by atoms with Gasteiger partial charge in [0.1, 0.15) is 5.75 Å². The molecule has 0 aliphatic rings. The van der Waals surface area contributed by atoms with Crippen LogP contribution in [0.1, 0.15) is 0 Å². The van der Waals surface area contributed by atoms with E-state index in [1.165, 1.54) is 19.2 Å². The molecule has 20 heavy (non-hydrogen) atoms. The van der Waals surface area contributed by atoms with Gasteiger partial charge in [-0.2, -0.15) is 30.7 Å². The first-order chi connectivity index (χ1) is 9.01. The Balaban J connectivity index is 2.97. The third kappa shape index (κ3) is 3.20. The van der Waals surface area contributed by atoms with E-state index in [-0.39, 0.29) is 5.69 Å². The van der Waals surface area contributed by atoms with Gasteiger partial charge in [0.15, 0.2) is 0 Å². The zero-order valence-corrected chi connectivity index (χ0v) is 9.89. The van der Waals surface area contributed by atoms with Gasteiger partial charge in [0.25, 0.3) is 0 Å². The second kappa shape index (κ2) is 5.29. The number of halogens is 7. The molecule has 9 heteroatoms. The molecule has 0 saturated carbocycles. The Morgan fingerprint density at radius 1 is 0.950 bits per heavy atom. The largest absolute Gasteiger partial charge is 0.497 e. The van der Waals surface area contributed by atoms with Crippen LogP contribution in [0.2, 0.25) is 0 Å². The third-order valence-electron chi connectivity index (χ3n) is 2.22. The molecule has 2 nitrogen and oxygen atoms in total. The molecule has 1 rings (SSSR count). The molecule has 0 aromatic heterocycles. The molecule has 0 fully saturated rings. The zero-order chi connectivity index (χ0) is 15.6. The second-order valence-corrected chi connectivity index (χ2v) is 3.65. The standard InChI is InChI=1S/C11H8F7NO/c1-20-8-4-2-7(3-5-8)19-6-9(12,13)10(14,15)11(16,17)18/h2-6H,1H3. The van der Waals surface area contributed by atoms with Crippen molar-refractivity contribution in [1.29, 1.82) is 0 Å². The Morgan fingerprint density at radius 3 is 1.85 bits per heavy atom. The van der Waals surface area contributed by atoms with E-state index in [0.717, 1.165) is 12.1 Å². The molecule has 0 spiro atoms. The molecule has 0 aliphatic carbocycles. The van der Waals surface area contributed by atoms with Gasteiger partial charge >= 0.3 is 18.0 Å². The van der Waals surface area contributed by atoms with Crippen LogP contribution in [0.4, 0.5) is 36.4 Å². The zero-order valence-electron chi connectivity index (χ0n) is 9.89. The molecular weight excluding hydrogens is 295 g/mol. The van der Waals surface area contributed by atoms with Gasteiger partial charge in [0.2, 0.25) is 0 Å². The molecule has 1 aromatic rings. The van der Waals surface area contributed by atoms with Gasteiger partial charge in [-0.15, -0.1) is 0 Å². The van der Waals surface area contributed by atoms with E-state index in [1.807, 2.05) is 0 Å². The molecule has 0 unspecified atom stereocenters. The van der Waals surface area contributed by atoms with Crippen molar-refractivity contribution in [3.8, 4) is 5.75 Å². The van der Waals surface area contributed by atoms with Gasteiger partial charge in [0.05, 0.1) is 19.0 Å². The van der Waals surface area contributed by atoms with E-state index >= 15 is 0 Å². The number of methoxy groups -OCH3 is 1. The molecular formula is C11H8F7NO. The van der Waals surface area contributed by atoms with Gasteiger partial charge in [-0.25, -0.2) is 0 Å². The normalized spacial score (nSPS) is 13.8. The molecule has 0 atom stereocenters. The highest BCUT2D eigenvalue weighted by Crippen LogP contribution is 2.45. The van der Waals surface area contributed by atoms with E-state index in [1.54, 1.807) is 0 Å². The number of aliphatic imine (C=N–C) groups is 1. The molecule has 1 aromatic carbocycles. The number of alkyl halides is 7. The number of rotatable bonds is 4. The molecule has 0 amide bonds. The second-order valence-electron chi connectivity index (χ2n) is 3.65. The Hall–Kier alpha value is -1.80. The van der Waals surface area contributed by atoms with Crippen LogP contribution in [0.5, 0.6) is 5.75 Å². The van der Waals surface area contributed by atoms with Gasteiger partial charge in [0, 0.05) is 0 Å². The topological polar surface area (TPSA) is 21.6 Å². The Labute approximate surface area is 108 Å². The lowest BCUT2D eigenvalue weighted by molar-refractivity contribution is -0.335. The maximum atomic E-state index is 12.9. The summed E-state index contributed by atoms with van der Waals surface area (Å²) in [4.78, 5) is 2.92. The fourth-order valence-corrected chi connectivity index (χ4v) is 1.09. The SMILES string of the molecule is COc1ccc(N=CC(F)(F)C(F)(F)C(F)(F)F)cc1. The van der Waals surface area contributed by atoms with Crippen LogP contribution in [0.3, 0.4) is 0 Å². The van der Waals surface area contributed by atoms with Crippen LogP contribution in [-0.4, -0.2) is 31.3 Å². The summed E-state index contributed by atoms with van der Waals surface area (Å²) in [6.45, 7) is 0. The number of hydrogen-bond acceptors (Lipinski definition) is 2. The molecule has 0 heterocycles. The summed E-state index contributed by atoms with van der Waals surface area (Å²) in [5.74, 6) is -11.3. The van der Waals surface area contributed by atoms with Gasteiger partial charge < -0.3 is 4.74 Å². The van der Waals surface area contributed by atoms with Gasteiger partial charge in [-0.3, -0.25) is 4.99 Å². The van der Waals surface area contributed by atoms with Gasteiger partial charge in [-0.05, 0) is 24.3 Å². The quantitative estimate of drug-likeness (QED) is 0.602. The highest BCUT2D eigenvalue weighted by atomic mass is 19.4. The predicted molar refractivity (Wildman–Crippen MR) is 57.1 cm³/mol. The van der Waals surface area contributed by atoms with E-state index in [9.17, 15) is 30.7 Å². The van der Waals surface area contributed by atoms with E-state index in [2.05, 4.69) is 4.99 Å². The van der Waals surface area contributed by atoms with Crippen molar-refractivity contribution in [2.75, 3.05) is 7.11 Å². The lowest BCUT2D eigenvalue weighted by atomic mass is 10.2. The predicted octanol–water partition coefficient (Wildman–Crippen LogP) is 4.23. The maximum Gasteiger partial charge on any atom is 0.460 e. The first-order valence-electron chi connectivity index (χ1n) is 5.03. The molecule has 0 aliphatic heterocycles. The minimum Gasteiger partial charge on any atom is -0.497 e. The summed E-state index contributed by atoms with van der Waals surface area (Å²) in [6.07, 6.45) is -7.09. The van der Waals surface area contributed by atoms with Crippen LogP contribution >= 0.6 is 0 Å². The lowest BCUT2D eigenvalue weighted by Gasteiger charge is -2.25. The number of hydrogen-bond donors (Lipinski definition) is 0. The van der Waals surface area contributed by atoms with Crippen molar-refractivity contribution in [1.82, 2.24) is 0 Å². The van der Waals surface area contributed by atoms with E-state index < -0.39 is 24.2 Å². The van der Waals surface area contributed by atoms with E-state index in [4.69, 9.17) is 4.74 Å². The number of nitrogens with zero attached hydrogens (tertiary/aromatic N) is 1. The minimum absolute atomic E-state index is 0.219. The third-order valence-corrected chi connectivity index (χ3v) is 2.22. The van der Waals surface area contributed by atoms with Crippen LogP contribution < -0.4 is 4.74 Å². The summed E-state index contributed by atoms with van der Waals surface area (Å²) in [5.41, 5.74) is -0.219. The maximum absolute atomic E-state index is 12.9. The Bertz CT molecular complexity index is 479. The molecule has 0 N–H and O–H groups in total. The summed E-state index contributed by atoms with van der Waals surface area (Å²) in [5, 5.41) is 0. The first-order valence-corrected chi connectivity index (χ1v) is 5.03.